The Hall–Kier alpha value is -2.49. The van der Waals surface area contributed by atoms with Crippen molar-refractivity contribution in [2.24, 2.45) is 5.92 Å². The highest BCUT2D eigenvalue weighted by Crippen LogP contribution is 2.30. The van der Waals surface area contributed by atoms with Crippen molar-refractivity contribution in [3.63, 3.8) is 0 Å². The standard InChI is InChI=1S/C19H20O4/c1-21-18-10-15(9-16-11-19(20)23-13-16)7-8-17(18)22-12-14-5-3-2-4-6-14/h2-8,10,16H,9,11-13H2,1H3/t16-/m0/s1. The Balaban J connectivity index is 1.65. The normalized spacial score (nSPS) is 16.9. The summed E-state index contributed by atoms with van der Waals surface area (Å²) in [4.78, 5) is 11.2. The summed E-state index contributed by atoms with van der Waals surface area (Å²) in [5, 5.41) is 0. The molecule has 0 spiro atoms. The topological polar surface area (TPSA) is 44.8 Å². The van der Waals surface area contributed by atoms with Gasteiger partial charge in [-0.25, -0.2) is 0 Å². The van der Waals surface area contributed by atoms with E-state index >= 15 is 0 Å². The van der Waals surface area contributed by atoms with Gasteiger partial charge in [-0.05, 0) is 29.7 Å². The highest BCUT2D eigenvalue weighted by Gasteiger charge is 2.24. The number of carbonyl (C=O) groups is 1. The number of hydrogen-bond acceptors (Lipinski definition) is 4. The summed E-state index contributed by atoms with van der Waals surface area (Å²) >= 11 is 0. The average Bonchev–Trinajstić information content (AvgIpc) is 2.99. The minimum atomic E-state index is -0.107. The molecule has 1 saturated heterocycles. The van der Waals surface area contributed by atoms with Gasteiger partial charge in [0.25, 0.3) is 0 Å². The van der Waals surface area contributed by atoms with Crippen LogP contribution in [0.15, 0.2) is 48.5 Å². The molecule has 0 unspecified atom stereocenters. The van der Waals surface area contributed by atoms with Crippen molar-refractivity contribution in [2.45, 2.75) is 19.4 Å². The van der Waals surface area contributed by atoms with Crippen molar-refractivity contribution in [3.8, 4) is 11.5 Å². The molecular formula is C19H20O4. The first-order chi connectivity index (χ1) is 11.2. The number of esters is 1. The molecule has 0 N–H and O–H groups in total. The molecule has 120 valence electrons. The predicted molar refractivity (Wildman–Crippen MR) is 86.5 cm³/mol. The van der Waals surface area contributed by atoms with Gasteiger partial charge in [-0.2, -0.15) is 0 Å². The van der Waals surface area contributed by atoms with Gasteiger partial charge in [0.05, 0.1) is 20.1 Å². The molecule has 0 bridgehead atoms. The molecule has 3 rings (SSSR count). The Labute approximate surface area is 136 Å². The molecule has 0 saturated carbocycles. The Kier molecular flexibility index (Phi) is 4.81. The molecule has 1 fully saturated rings. The van der Waals surface area contributed by atoms with Gasteiger partial charge in [0, 0.05) is 5.92 Å². The van der Waals surface area contributed by atoms with E-state index in [-0.39, 0.29) is 11.9 Å². The minimum absolute atomic E-state index is 0.107. The lowest BCUT2D eigenvalue weighted by Crippen LogP contribution is -2.04. The molecule has 4 heteroatoms. The summed E-state index contributed by atoms with van der Waals surface area (Å²) in [6.45, 7) is 1.01. The van der Waals surface area contributed by atoms with Crippen LogP contribution < -0.4 is 9.47 Å². The fourth-order valence-corrected chi connectivity index (χ4v) is 2.72. The maximum atomic E-state index is 11.2. The molecule has 0 aliphatic carbocycles. The Morgan fingerprint density at radius 1 is 1.09 bits per heavy atom. The predicted octanol–water partition coefficient (Wildman–Crippen LogP) is 3.38. The van der Waals surface area contributed by atoms with Crippen molar-refractivity contribution >= 4 is 5.97 Å². The summed E-state index contributed by atoms with van der Waals surface area (Å²) in [7, 11) is 1.64. The third-order valence-corrected chi connectivity index (χ3v) is 3.92. The molecule has 4 nitrogen and oxygen atoms in total. The van der Waals surface area contributed by atoms with Crippen LogP contribution in [0.4, 0.5) is 0 Å². The van der Waals surface area contributed by atoms with Gasteiger partial charge in [0.15, 0.2) is 11.5 Å². The van der Waals surface area contributed by atoms with Gasteiger partial charge < -0.3 is 14.2 Å². The zero-order valence-electron chi connectivity index (χ0n) is 13.2. The van der Waals surface area contributed by atoms with Gasteiger partial charge >= 0.3 is 5.97 Å². The van der Waals surface area contributed by atoms with Crippen LogP contribution in [0.1, 0.15) is 17.5 Å². The van der Waals surface area contributed by atoms with Crippen LogP contribution in [0.25, 0.3) is 0 Å². The minimum Gasteiger partial charge on any atom is -0.493 e. The largest absolute Gasteiger partial charge is 0.493 e. The number of ether oxygens (including phenoxy) is 3. The first-order valence-electron chi connectivity index (χ1n) is 7.74. The molecule has 1 aliphatic heterocycles. The summed E-state index contributed by atoms with van der Waals surface area (Å²) in [5.41, 5.74) is 2.23. The van der Waals surface area contributed by atoms with Crippen molar-refractivity contribution in [2.75, 3.05) is 13.7 Å². The number of rotatable bonds is 6. The smallest absolute Gasteiger partial charge is 0.306 e. The third-order valence-electron chi connectivity index (χ3n) is 3.92. The second-order valence-corrected chi connectivity index (χ2v) is 5.72. The van der Waals surface area contributed by atoms with Gasteiger partial charge in [-0.1, -0.05) is 36.4 Å². The fraction of sp³-hybridized carbons (Fsp3) is 0.316. The maximum Gasteiger partial charge on any atom is 0.306 e. The van der Waals surface area contributed by atoms with E-state index in [0.717, 1.165) is 23.3 Å². The molecule has 0 amide bonds. The Morgan fingerprint density at radius 2 is 1.91 bits per heavy atom. The number of carbonyl (C=O) groups excluding carboxylic acids is 1. The van der Waals surface area contributed by atoms with E-state index in [1.807, 2.05) is 48.5 Å². The number of cyclic esters (lactones) is 1. The second-order valence-electron chi connectivity index (χ2n) is 5.72. The van der Waals surface area contributed by atoms with E-state index < -0.39 is 0 Å². The quantitative estimate of drug-likeness (QED) is 0.767. The summed E-state index contributed by atoms with van der Waals surface area (Å²) in [5.74, 6) is 1.58. The molecule has 2 aromatic rings. The highest BCUT2D eigenvalue weighted by molar-refractivity contribution is 5.71. The van der Waals surface area contributed by atoms with Gasteiger partial charge in [-0.15, -0.1) is 0 Å². The van der Waals surface area contributed by atoms with Crippen LogP contribution in [0.2, 0.25) is 0 Å². The summed E-state index contributed by atoms with van der Waals surface area (Å²) < 4.78 is 16.3. The molecule has 1 heterocycles. The molecule has 2 aromatic carbocycles. The van der Waals surface area contributed by atoms with Crippen molar-refractivity contribution in [1.82, 2.24) is 0 Å². The first-order valence-corrected chi connectivity index (χ1v) is 7.74. The van der Waals surface area contributed by atoms with E-state index in [0.29, 0.717) is 25.4 Å². The monoisotopic (exact) mass is 312 g/mol. The number of hydrogen-bond donors (Lipinski definition) is 0. The van der Waals surface area contributed by atoms with Gasteiger partial charge in [0.2, 0.25) is 0 Å². The summed E-state index contributed by atoms with van der Waals surface area (Å²) in [6, 6.07) is 15.9. The van der Waals surface area contributed by atoms with Crippen LogP contribution in [0.3, 0.4) is 0 Å². The molecule has 1 atom stereocenters. The van der Waals surface area contributed by atoms with Gasteiger partial charge in [0.1, 0.15) is 6.61 Å². The maximum absolute atomic E-state index is 11.2. The molecular weight excluding hydrogens is 292 g/mol. The van der Waals surface area contributed by atoms with Crippen molar-refractivity contribution in [1.29, 1.82) is 0 Å². The fourth-order valence-electron chi connectivity index (χ4n) is 2.72. The van der Waals surface area contributed by atoms with E-state index in [1.54, 1.807) is 7.11 Å². The average molecular weight is 312 g/mol. The van der Waals surface area contributed by atoms with Crippen molar-refractivity contribution in [3.05, 3.63) is 59.7 Å². The van der Waals surface area contributed by atoms with E-state index in [4.69, 9.17) is 14.2 Å². The molecule has 23 heavy (non-hydrogen) atoms. The SMILES string of the molecule is COc1cc(C[C@@H]2COC(=O)C2)ccc1OCc1ccccc1. The van der Waals surface area contributed by atoms with E-state index in [1.165, 1.54) is 0 Å². The van der Waals surface area contributed by atoms with Crippen LogP contribution >= 0.6 is 0 Å². The lowest BCUT2D eigenvalue weighted by atomic mass is 9.98. The zero-order chi connectivity index (χ0) is 16.1. The summed E-state index contributed by atoms with van der Waals surface area (Å²) in [6.07, 6.45) is 1.30. The van der Waals surface area contributed by atoms with Crippen LogP contribution in [-0.4, -0.2) is 19.7 Å². The second kappa shape index (κ2) is 7.18. The van der Waals surface area contributed by atoms with Crippen LogP contribution in [0.5, 0.6) is 11.5 Å². The molecule has 1 aliphatic rings. The lowest BCUT2D eigenvalue weighted by molar-refractivity contribution is -0.137. The lowest BCUT2D eigenvalue weighted by Gasteiger charge is -2.13. The van der Waals surface area contributed by atoms with E-state index in [9.17, 15) is 4.79 Å². The van der Waals surface area contributed by atoms with Gasteiger partial charge in [-0.3, -0.25) is 4.79 Å². The number of benzene rings is 2. The first kappa shape index (κ1) is 15.4. The van der Waals surface area contributed by atoms with E-state index in [2.05, 4.69) is 0 Å². The highest BCUT2D eigenvalue weighted by atomic mass is 16.5. The molecule has 0 aromatic heterocycles. The molecule has 0 radical (unpaired) electrons. The Morgan fingerprint density at radius 3 is 2.61 bits per heavy atom. The Bertz CT molecular complexity index is 666. The zero-order valence-corrected chi connectivity index (χ0v) is 13.2. The van der Waals surface area contributed by atoms with Crippen LogP contribution in [-0.2, 0) is 22.6 Å². The van der Waals surface area contributed by atoms with Crippen molar-refractivity contribution < 1.29 is 19.0 Å². The third kappa shape index (κ3) is 4.03. The number of methoxy groups -OCH3 is 1. The van der Waals surface area contributed by atoms with Crippen LogP contribution in [0, 0.1) is 5.92 Å².